The van der Waals surface area contributed by atoms with Crippen molar-refractivity contribution in [3.63, 3.8) is 0 Å². The van der Waals surface area contributed by atoms with Crippen molar-refractivity contribution < 1.29 is 17.2 Å². The summed E-state index contributed by atoms with van der Waals surface area (Å²) < 4.78 is 43.1. The van der Waals surface area contributed by atoms with E-state index in [1.54, 1.807) is 6.92 Å². The number of furan rings is 1. The molecular formula is C11H19FN2O3S. The summed E-state index contributed by atoms with van der Waals surface area (Å²) in [5, 5.41) is 3.12. The highest BCUT2D eigenvalue weighted by Crippen LogP contribution is 2.19. The van der Waals surface area contributed by atoms with Crippen molar-refractivity contribution in [3.05, 3.63) is 17.6 Å². The maximum atomic E-state index is 12.0. The minimum atomic E-state index is -3.67. The molecule has 1 aromatic heterocycles. The molecule has 5 nitrogen and oxygen atoms in total. The van der Waals surface area contributed by atoms with E-state index in [9.17, 15) is 12.8 Å². The van der Waals surface area contributed by atoms with Crippen molar-refractivity contribution in [1.29, 1.82) is 0 Å². The Morgan fingerprint density at radius 3 is 2.72 bits per heavy atom. The fraction of sp³-hybridized carbons (Fsp3) is 0.636. The van der Waals surface area contributed by atoms with Gasteiger partial charge in [-0.25, -0.2) is 17.5 Å². The fourth-order valence-electron chi connectivity index (χ4n) is 1.52. The molecule has 1 rings (SSSR count). The van der Waals surface area contributed by atoms with E-state index in [1.165, 1.54) is 6.07 Å². The molecule has 0 spiro atoms. The summed E-state index contributed by atoms with van der Waals surface area (Å²) in [4.78, 5) is 0.0734. The molecule has 0 saturated carbocycles. The third-order valence-electron chi connectivity index (χ3n) is 2.33. The molecule has 0 fully saturated rings. The topological polar surface area (TPSA) is 71.3 Å². The Bertz CT molecular complexity index is 471. The second-order valence-corrected chi connectivity index (χ2v) is 5.63. The maximum Gasteiger partial charge on any atom is 0.244 e. The molecule has 0 unspecified atom stereocenters. The van der Waals surface area contributed by atoms with Crippen LogP contribution in [0.15, 0.2) is 15.4 Å². The van der Waals surface area contributed by atoms with Gasteiger partial charge in [0.2, 0.25) is 10.0 Å². The van der Waals surface area contributed by atoms with Gasteiger partial charge in [-0.05, 0) is 19.9 Å². The molecule has 0 amide bonds. The van der Waals surface area contributed by atoms with E-state index in [4.69, 9.17) is 4.42 Å². The standard InChI is InChI=1S/C11H19FN2O3S/c1-3-5-13-8-10-7-11(9(2)17-10)18(15,16)14-6-4-12/h7,13-14H,3-6,8H2,1-2H3. The maximum absolute atomic E-state index is 12.0. The van der Waals surface area contributed by atoms with E-state index >= 15 is 0 Å². The summed E-state index contributed by atoms with van der Waals surface area (Å²) in [6.45, 7) is 3.97. The summed E-state index contributed by atoms with van der Waals surface area (Å²) in [7, 11) is -3.67. The van der Waals surface area contributed by atoms with Gasteiger partial charge in [-0.3, -0.25) is 0 Å². The number of nitrogens with one attached hydrogen (secondary N) is 2. The van der Waals surface area contributed by atoms with Crippen molar-refractivity contribution >= 4 is 10.0 Å². The quantitative estimate of drug-likeness (QED) is 0.704. The monoisotopic (exact) mass is 278 g/mol. The van der Waals surface area contributed by atoms with Gasteiger partial charge in [0.25, 0.3) is 0 Å². The molecule has 0 aliphatic rings. The fourth-order valence-corrected chi connectivity index (χ4v) is 2.73. The number of rotatable bonds is 8. The summed E-state index contributed by atoms with van der Waals surface area (Å²) in [6.07, 6.45) is 0.989. The van der Waals surface area contributed by atoms with Crippen molar-refractivity contribution in [2.45, 2.75) is 31.7 Å². The van der Waals surface area contributed by atoms with Crippen LogP contribution in [0.3, 0.4) is 0 Å². The number of aryl methyl sites for hydroxylation is 1. The minimum absolute atomic E-state index is 0.0734. The second-order valence-electron chi connectivity index (χ2n) is 3.90. The van der Waals surface area contributed by atoms with Crippen LogP contribution in [-0.2, 0) is 16.6 Å². The van der Waals surface area contributed by atoms with Crippen LogP contribution in [0.5, 0.6) is 0 Å². The first-order valence-electron chi connectivity index (χ1n) is 5.87. The van der Waals surface area contributed by atoms with Crippen molar-refractivity contribution in [2.24, 2.45) is 0 Å². The second kappa shape index (κ2) is 6.86. The average molecular weight is 278 g/mol. The van der Waals surface area contributed by atoms with Crippen LogP contribution in [0.25, 0.3) is 0 Å². The smallest absolute Gasteiger partial charge is 0.244 e. The third-order valence-corrected chi connectivity index (χ3v) is 3.89. The van der Waals surface area contributed by atoms with Crippen LogP contribution in [0, 0.1) is 6.92 Å². The summed E-state index contributed by atoms with van der Waals surface area (Å²) >= 11 is 0. The summed E-state index contributed by atoms with van der Waals surface area (Å²) in [5.74, 6) is 0.872. The van der Waals surface area contributed by atoms with Crippen molar-refractivity contribution in [2.75, 3.05) is 19.8 Å². The van der Waals surface area contributed by atoms with Crippen LogP contribution in [0.1, 0.15) is 24.9 Å². The van der Waals surface area contributed by atoms with Gasteiger partial charge in [0, 0.05) is 12.6 Å². The Morgan fingerprint density at radius 2 is 2.11 bits per heavy atom. The minimum Gasteiger partial charge on any atom is -0.464 e. The Morgan fingerprint density at radius 1 is 1.39 bits per heavy atom. The molecule has 1 aromatic rings. The predicted molar refractivity (Wildman–Crippen MR) is 66.6 cm³/mol. The van der Waals surface area contributed by atoms with Gasteiger partial charge < -0.3 is 9.73 Å². The zero-order valence-corrected chi connectivity index (χ0v) is 11.4. The van der Waals surface area contributed by atoms with Gasteiger partial charge in [0.1, 0.15) is 23.1 Å². The molecule has 7 heteroatoms. The van der Waals surface area contributed by atoms with Crippen LogP contribution >= 0.6 is 0 Å². The molecule has 0 aromatic carbocycles. The lowest BCUT2D eigenvalue weighted by Crippen LogP contribution is -2.25. The molecule has 0 aliphatic heterocycles. The molecule has 0 aliphatic carbocycles. The first-order chi connectivity index (χ1) is 8.51. The SMILES string of the molecule is CCCNCc1cc(S(=O)(=O)NCCF)c(C)o1. The molecule has 2 N–H and O–H groups in total. The molecule has 104 valence electrons. The number of alkyl halides is 1. The van der Waals surface area contributed by atoms with E-state index in [2.05, 4.69) is 10.0 Å². The van der Waals surface area contributed by atoms with Crippen LogP contribution < -0.4 is 10.0 Å². The lowest BCUT2D eigenvalue weighted by Gasteiger charge is -2.02. The van der Waals surface area contributed by atoms with E-state index in [1.807, 2.05) is 6.92 Å². The Kier molecular flexibility index (Phi) is 5.77. The molecule has 18 heavy (non-hydrogen) atoms. The molecule has 0 atom stereocenters. The lowest BCUT2D eigenvalue weighted by atomic mass is 10.4. The van der Waals surface area contributed by atoms with Crippen molar-refractivity contribution in [1.82, 2.24) is 10.0 Å². The number of hydrogen-bond acceptors (Lipinski definition) is 4. The van der Waals surface area contributed by atoms with Gasteiger partial charge >= 0.3 is 0 Å². The highest BCUT2D eigenvalue weighted by molar-refractivity contribution is 7.89. The van der Waals surface area contributed by atoms with E-state index in [-0.39, 0.29) is 11.4 Å². The summed E-state index contributed by atoms with van der Waals surface area (Å²) in [5.41, 5.74) is 0. The van der Waals surface area contributed by atoms with Gasteiger partial charge in [0.05, 0.1) is 6.54 Å². The van der Waals surface area contributed by atoms with E-state index in [0.717, 1.165) is 13.0 Å². The highest BCUT2D eigenvalue weighted by atomic mass is 32.2. The first-order valence-corrected chi connectivity index (χ1v) is 7.35. The Hall–Kier alpha value is -0.920. The van der Waals surface area contributed by atoms with Gasteiger partial charge in [0.15, 0.2) is 0 Å². The van der Waals surface area contributed by atoms with Crippen LogP contribution in [0.4, 0.5) is 4.39 Å². The number of sulfonamides is 1. The summed E-state index contributed by atoms with van der Waals surface area (Å²) in [6, 6.07) is 1.47. The largest absolute Gasteiger partial charge is 0.464 e. The zero-order chi connectivity index (χ0) is 13.6. The molecule has 0 bridgehead atoms. The van der Waals surface area contributed by atoms with E-state index < -0.39 is 16.7 Å². The molecule has 0 radical (unpaired) electrons. The van der Waals surface area contributed by atoms with Crippen LogP contribution in [-0.4, -0.2) is 28.2 Å². The molecule has 1 heterocycles. The number of hydrogen-bond donors (Lipinski definition) is 2. The third kappa shape index (κ3) is 4.08. The van der Waals surface area contributed by atoms with Crippen LogP contribution in [0.2, 0.25) is 0 Å². The zero-order valence-electron chi connectivity index (χ0n) is 10.6. The van der Waals surface area contributed by atoms with Gasteiger partial charge in [-0.1, -0.05) is 6.92 Å². The first kappa shape index (κ1) is 15.1. The normalized spacial score (nSPS) is 11.9. The predicted octanol–water partition coefficient (Wildman–Crippen LogP) is 1.34. The molecule has 0 saturated heterocycles. The lowest BCUT2D eigenvalue weighted by molar-refractivity contribution is 0.456. The number of halogens is 1. The molecular weight excluding hydrogens is 259 g/mol. The van der Waals surface area contributed by atoms with Gasteiger partial charge in [-0.2, -0.15) is 0 Å². The van der Waals surface area contributed by atoms with E-state index in [0.29, 0.717) is 18.1 Å². The van der Waals surface area contributed by atoms with Gasteiger partial charge in [-0.15, -0.1) is 0 Å². The Balaban J connectivity index is 2.77. The van der Waals surface area contributed by atoms with Crippen molar-refractivity contribution in [3.8, 4) is 0 Å². The Labute approximate surface area is 107 Å². The highest BCUT2D eigenvalue weighted by Gasteiger charge is 2.20. The average Bonchev–Trinajstić information content (AvgIpc) is 2.69.